The molecule has 0 spiro atoms. The highest BCUT2D eigenvalue weighted by Gasteiger charge is 2.41. The van der Waals surface area contributed by atoms with Gasteiger partial charge < -0.3 is 14.9 Å². The Morgan fingerprint density at radius 3 is 1.97 bits per heavy atom. The largest absolute Gasteiger partial charge is 0.462 e. The number of nitrogens with one attached hydrogen (secondary N) is 1. The fourth-order valence-electron chi connectivity index (χ4n) is 2.20. The monoisotopic (exact) mass is 561 g/mol. The number of carbonyl (C=O) groups is 2. The lowest BCUT2D eigenvalue weighted by molar-refractivity contribution is -0.171. The van der Waals surface area contributed by atoms with E-state index < -0.39 is 62.8 Å². The first-order valence-corrected chi connectivity index (χ1v) is 12.5. The van der Waals surface area contributed by atoms with Crippen LogP contribution >= 0.6 is 34.8 Å². The van der Waals surface area contributed by atoms with Gasteiger partial charge in [0, 0.05) is 6.21 Å². The highest BCUT2D eigenvalue weighted by molar-refractivity contribution is 7.87. The van der Waals surface area contributed by atoms with Crippen LogP contribution in [0, 0.1) is 16.2 Å². The Kier molecular flexibility index (Phi) is 10.4. The van der Waals surface area contributed by atoms with Gasteiger partial charge in [-0.2, -0.15) is 8.42 Å². The Morgan fingerprint density at radius 2 is 1.50 bits per heavy atom. The first-order valence-electron chi connectivity index (χ1n) is 9.92. The van der Waals surface area contributed by atoms with E-state index in [1.165, 1.54) is 20.8 Å². The molecule has 1 rings (SSSR count). The molecule has 3 atom stereocenters. The fraction of sp³-hybridized carbons (Fsp3) is 0.571. The van der Waals surface area contributed by atoms with Crippen molar-refractivity contribution < 1.29 is 36.1 Å². The van der Waals surface area contributed by atoms with Crippen LogP contribution in [0.15, 0.2) is 17.0 Å². The van der Waals surface area contributed by atoms with Crippen molar-refractivity contribution in [2.75, 3.05) is 6.61 Å². The number of halogens is 4. The Bertz CT molecular complexity index is 1040. The first kappa shape index (κ1) is 30.6. The summed E-state index contributed by atoms with van der Waals surface area (Å²) in [5.41, 5.74) is -2.08. The van der Waals surface area contributed by atoms with Crippen LogP contribution in [0.1, 0.15) is 41.5 Å². The van der Waals surface area contributed by atoms with E-state index in [9.17, 15) is 22.4 Å². The van der Waals surface area contributed by atoms with Crippen molar-refractivity contribution in [1.82, 2.24) is 0 Å². The molecule has 0 saturated heterocycles. The van der Waals surface area contributed by atoms with Gasteiger partial charge in [0.1, 0.15) is 11.5 Å². The van der Waals surface area contributed by atoms with Crippen molar-refractivity contribution in [1.29, 1.82) is 5.41 Å². The molecule has 0 fully saturated rings. The third-order valence-corrected chi connectivity index (χ3v) is 6.70. The quantitative estimate of drug-likeness (QED) is 0.189. The van der Waals surface area contributed by atoms with Gasteiger partial charge in [-0.1, -0.05) is 34.8 Å². The third kappa shape index (κ3) is 8.34. The molecule has 0 aliphatic rings. The van der Waals surface area contributed by atoms with E-state index in [-0.39, 0.29) is 15.1 Å². The average molecular weight is 563 g/mol. The Labute approximate surface area is 213 Å². The Balaban J connectivity index is 3.47. The highest BCUT2D eigenvalue weighted by atomic mass is 35.5. The molecule has 0 radical (unpaired) electrons. The molecule has 8 nitrogen and oxygen atoms in total. The summed E-state index contributed by atoms with van der Waals surface area (Å²) in [4.78, 5) is 24.1. The number of ether oxygens (including phenoxy) is 2. The normalized spacial score (nSPS) is 15.2. The van der Waals surface area contributed by atoms with Crippen LogP contribution in [-0.4, -0.2) is 51.6 Å². The minimum Gasteiger partial charge on any atom is -0.462 e. The fourth-order valence-corrected chi connectivity index (χ4v) is 4.25. The summed E-state index contributed by atoms with van der Waals surface area (Å²) in [6.45, 7) is 8.30. The number of carbonyl (C=O) groups excluding carboxylic acids is 2. The first-order chi connectivity index (χ1) is 15.3. The van der Waals surface area contributed by atoms with Crippen LogP contribution in [-0.2, 0) is 33.4 Å². The van der Waals surface area contributed by atoms with Gasteiger partial charge in [-0.3, -0.25) is 13.8 Å². The number of rotatable bonds is 9. The molecule has 1 aromatic rings. The lowest BCUT2D eigenvalue weighted by Gasteiger charge is -2.30. The highest BCUT2D eigenvalue weighted by Crippen LogP contribution is 2.33. The molecule has 0 bridgehead atoms. The topological polar surface area (TPSA) is 120 Å². The van der Waals surface area contributed by atoms with Crippen LogP contribution in [0.25, 0.3) is 0 Å². The summed E-state index contributed by atoms with van der Waals surface area (Å²) in [7, 11) is -4.77. The standard InChI is InChI=1S/C21H27Cl3FNO7S/c1-20(2,3)18(27)31-10-15(17(14(25)9-26)32-19(28)21(4,5)6)33-34(29,30)16-8-12(23)11(22)7-13(16)24/h7-9,14-15,17,26H,10H2,1-6H3/t14-,15+,17+/m0/s1. The molecule has 0 heterocycles. The van der Waals surface area contributed by atoms with Gasteiger partial charge in [-0.05, 0) is 53.7 Å². The molecule has 0 aliphatic carbocycles. The molecule has 0 unspecified atom stereocenters. The Hall–Kier alpha value is -1.46. The molecule has 0 aliphatic heterocycles. The number of esters is 2. The van der Waals surface area contributed by atoms with Gasteiger partial charge in [-0.15, -0.1) is 0 Å². The molecule has 0 saturated carbocycles. The summed E-state index contributed by atoms with van der Waals surface area (Å²) >= 11 is 17.7. The molecular weight excluding hydrogens is 536 g/mol. The van der Waals surface area contributed by atoms with Gasteiger partial charge in [0.15, 0.2) is 18.4 Å². The molecular formula is C21H27Cl3FNO7S. The summed E-state index contributed by atoms with van der Waals surface area (Å²) in [5.74, 6) is -1.65. The zero-order valence-corrected chi connectivity index (χ0v) is 22.5. The predicted molar refractivity (Wildman–Crippen MR) is 127 cm³/mol. The van der Waals surface area contributed by atoms with E-state index in [2.05, 4.69) is 0 Å². The van der Waals surface area contributed by atoms with Crippen LogP contribution in [0.5, 0.6) is 0 Å². The van der Waals surface area contributed by atoms with Crippen molar-refractivity contribution >= 4 is 63.1 Å². The maximum atomic E-state index is 14.7. The van der Waals surface area contributed by atoms with Gasteiger partial charge in [0.2, 0.25) is 0 Å². The van der Waals surface area contributed by atoms with E-state index in [1.807, 2.05) is 0 Å². The number of alkyl halides is 1. The summed E-state index contributed by atoms with van der Waals surface area (Å²) < 4.78 is 56.2. The minimum absolute atomic E-state index is 0.0223. The zero-order valence-electron chi connectivity index (χ0n) is 19.4. The second kappa shape index (κ2) is 11.5. The van der Waals surface area contributed by atoms with E-state index >= 15 is 0 Å². The Morgan fingerprint density at radius 1 is 1.00 bits per heavy atom. The number of hydrogen-bond acceptors (Lipinski definition) is 8. The summed E-state index contributed by atoms with van der Waals surface area (Å²) in [6.07, 6.45) is -5.80. The molecule has 34 heavy (non-hydrogen) atoms. The molecule has 1 N–H and O–H groups in total. The van der Waals surface area contributed by atoms with E-state index in [1.54, 1.807) is 20.8 Å². The van der Waals surface area contributed by atoms with Crippen LogP contribution < -0.4 is 0 Å². The van der Waals surface area contributed by atoms with Gasteiger partial charge in [-0.25, -0.2) is 4.39 Å². The predicted octanol–water partition coefficient (Wildman–Crippen LogP) is 5.26. The third-order valence-electron chi connectivity index (χ3n) is 4.18. The van der Waals surface area contributed by atoms with Crippen molar-refractivity contribution in [3.8, 4) is 0 Å². The van der Waals surface area contributed by atoms with Crippen molar-refractivity contribution in [3.05, 3.63) is 27.2 Å². The van der Waals surface area contributed by atoms with Crippen LogP contribution in [0.3, 0.4) is 0 Å². The van der Waals surface area contributed by atoms with E-state index in [0.717, 1.165) is 12.1 Å². The molecule has 1 aromatic carbocycles. The molecule has 13 heteroatoms. The SMILES string of the molecule is CC(C)(C)C(=O)OC[C@@H](OS(=O)(=O)c1cc(Cl)c(Cl)cc1Cl)[C@H](OC(=O)C(C)(C)C)[C@@H](F)C=N. The summed E-state index contributed by atoms with van der Waals surface area (Å²) in [5, 5.41) is 6.76. The lowest BCUT2D eigenvalue weighted by Crippen LogP contribution is -2.47. The number of benzene rings is 1. The van der Waals surface area contributed by atoms with E-state index in [4.69, 9.17) is 53.9 Å². The van der Waals surface area contributed by atoms with Gasteiger partial charge >= 0.3 is 11.9 Å². The maximum Gasteiger partial charge on any atom is 0.311 e. The van der Waals surface area contributed by atoms with Crippen LogP contribution in [0.4, 0.5) is 4.39 Å². The number of hydrogen-bond donors (Lipinski definition) is 1. The summed E-state index contributed by atoms with van der Waals surface area (Å²) in [6, 6.07) is 2.00. The van der Waals surface area contributed by atoms with Gasteiger partial charge in [0.05, 0.1) is 25.9 Å². The smallest absolute Gasteiger partial charge is 0.311 e. The second-order valence-electron chi connectivity index (χ2n) is 9.37. The maximum absolute atomic E-state index is 14.7. The van der Waals surface area contributed by atoms with Crippen molar-refractivity contribution in [2.24, 2.45) is 10.8 Å². The van der Waals surface area contributed by atoms with Crippen LogP contribution in [0.2, 0.25) is 15.1 Å². The second-order valence-corrected chi connectivity index (χ2v) is 12.1. The molecule has 0 amide bonds. The van der Waals surface area contributed by atoms with Gasteiger partial charge in [0.25, 0.3) is 10.1 Å². The van der Waals surface area contributed by atoms with Crippen molar-refractivity contribution in [3.63, 3.8) is 0 Å². The van der Waals surface area contributed by atoms with E-state index in [0.29, 0.717) is 6.21 Å². The average Bonchev–Trinajstić information content (AvgIpc) is 2.69. The zero-order chi connectivity index (χ0) is 26.6. The molecule has 0 aromatic heterocycles. The van der Waals surface area contributed by atoms with Crippen molar-refractivity contribution in [2.45, 2.75) is 64.8 Å². The minimum atomic E-state index is -4.77. The molecule has 192 valence electrons. The lowest BCUT2D eigenvalue weighted by atomic mass is 9.97.